The van der Waals surface area contributed by atoms with Gasteiger partial charge in [-0.3, -0.25) is 4.79 Å². The number of nitrogens with zero attached hydrogens (tertiary/aromatic N) is 2. The molecule has 104 valence electrons. The summed E-state index contributed by atoms with van der Waals surface area (Å²) in [6.45, 7) is 2.56. The number of aliphatic hydroxyl groups excluding tert-OH is 1. The van der Waals surface area contributed by atoms with Crippen LogP contribution in [0.2, 0.25) is 0 Å². The second-order valence-electron chi connectivity index (χ2n) is 5.70. The highest BCUT2D eigenvalue weighted by atomic mass is 16.5. The Hall–Kier alpha value is -1.36. The topological polar surface area (TPSA) is 66.6 Å². The van der Waals surface area contributed by atoms with E-state index in [9.17, 15) is 9.90 Å². The van der Waals surface area contributed by atoms with E-state index < -0.39 is 0 Å². The SMILES string of the molecule is Cc1cc(C(=O)N2CCCC2C2CCCC2O)on1. The monoisotopic (exact) mass is 264 g/mol. The van der Waals surface area contributed by atoms with E-state index in [0.29, 0.717) is 5.76 Å². The van der Waals surface area contributed by atoms with E-state index in [1.165, 1.54) is 0 Å². The van der Waals surface area contributed by atoms with Gasteiger partial charge in [-0.1, -0.05) is 11.6 Å². The van der Waals surface area contributed by atoms with Crippen LogP contribution in [0, 0.1) is 12.8 Å². The summed E-state index contributed by atoms with van der Waals surface area (Å²) in [7, 11) is 0. The molecular weight excluding hydrogens is 244 g/mol. The van der Waals surface area contributed by atoms with Crippen LogP contribution >= 0.6 is 0 Å². The number of hydrogen-bond donors (Lipinski definition) is 1. The third-order valence-corrected chi connectivity index (χ3v) is 4.42. The number of likely N-dealkylation sites (tertiary alicyclic amines) is 1. The molecule has 3 rings (SSSR count). The van der Waals surface area contributed by atoms with Crippen molar-refractivity contribution in [2.24, 2.45) is 5.92 Å². The third-order valence-electron chi connectivity index (χ3n) is 4.42. The van der Waals surface area contributed by atoms with Crippen molar-refractivity contribution in [1.29, 1.82) is 0 Å². The molecule has 2 aliphatic rings. The minimum Gasteiger partial charge on any atom is -0.393 e. The molecule has 0 radical (unpaired) electrons. The number of hydrogen-bond acceptors (Lipinski definition) is 4. The Morgan fingerprint density at radius 3 is 2.89 bits per heavy atom. The fourth-order valence-corrected chi connectivity index (χ4v) is 3.51. The van der Waals surface area contributed by atoms with Crippen LogP contribution in [-0.2, 0) is 0 Å². The molecule has 1 amide bonds. The maximum Gasteiger partial charge on any atom is 0.292 e. The quantitative estimate of drug-likeness (QED) is 0.883. The van der Waals surface area contributed by atoms with Crippen molar-refractivity contribution in [1.82, 2.24) is 10.1 Å². The highest BCUT2D eigenvalue weighted by Crippen LogP contribution is 2.36. The molecule has 1 aromatic heterocycles. The summed E-state index contributed by atoms with van der Waals surface area (Å²) in [5.41, 5.74) is 0.722. The van der Waals surface area contributed by atoms with E-state index in [2.05, 4.69) is 5.16 Å². The van der Waals surface area contributed by atoms with Gasteiger partial charge < -0.3 is 14.5 Å². The third kappa shape index (κ3) is 2.27. The van der Waals surface area contributed by atoms with Gasteiger partial charge in [0.25, 0.3) is 5.91 Å². The molecular formula is C14H20N2O3. The summed E-state index contributed by atoms with van der Waals surface area (Å²) in [6, 6.07) is 1.85. The van der Waals surface area contributed by atoms with Crippen LogP contribution in [-0.4, -0.2) is 39.8 Å². The standard InChI is InChI=1S/C14H20N2O3/c1-9-8-13(19-15-9)14(18)16-7-3-5-11(16)10-4-2-6-12(10)17/h8,10-12,17H,2-7H2,1H3. The smallest absolute Gasteiger partial charge is 0.292 e. The lowest BCUT2D eigenvalue weighted by Gasteiger charge is -2.30. The van der Waals surface area contributed by atoms with E-state index in [1.807, 2.05) is 11.8 Å². The van der Waals surface area contributed by atoms with Crippen LogP contribution in [0.5, 0.6) is 0 Å². The van der Waals surface area contributed by atoms with Gasteiger partial charge in [0, 0.05) is 24.6 Å². The van der Waals surface area contributed by atoms with Crippen molar-refractivity contribution < 1.29 is 14.4 Å². The molecule has 0 aromatic carbocycles. The molecule has 2 fully saturated rings. The van der Waals surface area contributed by atoms with Crippen molar-refractivity contribution in [3.63, 3.8) is 0 Å². The maximum atomic E-state index is 12.4. The van der Waals surface area contributed by atoms with Crippen LogP contribution in [0.25, 0.3) is 0 Å². The largest absolute Gasteiger partial charge is 0.393 e. The number of amides is 1. The predicted molar refractivity (Wildman–Crippen MR) is 68.6 cm³/mol. The zero-order valence-corrected chi connectivity index (χ0v) is 11.2. The minimum atomic E-state index is -0.255. The van der Waals surface area contributed by atoms with E-state index in [-0.39, 0.29) is 24.0 Å². The van der Waals surface area contributed by atoms with Gasteiger partial charge in [0.15, 0.2) is 0 Å². The molecule has 1 N–H and O–H groups in total. The number of aromatic nitrogens is 1. The molecule has 5 nitrogen and oxygen atoms in total. The van der Waals surface area contributed by atoms with Crippen LogP contribution in [0.1, 0.15) is 48.4 Å². The Labute approximate surface area is 112 Å². The second kappa shape index (κ2) is 4.96. The Morgan fingerprint density at radius 1 is 1.42 bits per heavy atom. The van der Waals surface area contributed by atoms with Gasteiger partial charge in [-0.25, -0.2) is 0 Å². The second-order valence-corrected chi connectivity index (χ2v) is 5.70. The van der Waals surface area contributed by atoms with Crippen molar-refractivity contribution in [2.75, 3.05) is 6.54 Å². The Bertz CT molecular complexity index is 471. The molecule has 3 unspecified atom stereocenters. The van der Waals surface area contributed by atoms with Crippen LogP contribution in [0.4, 0.5) is 0 Å². The predicted octanol–water partition coefficient (Wildman–Crippen LogP) is 1.75. The molecule has 5 heteroatoms. The zero-order valence-electron chi connectivity index (χ0n) is 11.2. The first-order valence-electron chi connectivity index (χ1n) is 7.09. The normalized spacial score (nSPS) is 31.1. The van der Waals surface area contributed by atoms with Gasteiger partial charge in [0.2, 0.25) is 5.76 Å². The number of carbonyl (C=O) groups excluding carboxylic acids is 1. The summed E-state index contributed by atoms with van der Waals surface area (Å²) in [5, 5.41) is 13.8. The molecule has 1 aromatic rings. The molecule has 0 bridgehead atoms. The Kier molecular flexibility index (Phi) is 3.31. The van der Waals surface area contributed by atoms with Crippen LogP contribution < -0.4 is 0 Å². The number of aryl methyl sites for hydroxylation is 1. The van der Waals surface area contributed by atoms with Gasteiger partial charge in [0.1, 0.15) is 0 Å². The van der Waals surface area contributed by atoms with E-state index in [0.717, 1.165) is 44.3 Å². The van der Waals surface area contributed by atoms with Crippen molar-refractivity contribution >= 4 is 5.91 Å². The molecule has 3 atom stereocenters. The summed E-state index contributed by atoms with van der Waals surface area (Å²) in [4.78, 5) is 14.3. The van der Waals surface area contributed by atoms with Crippen molar-refractivity contribution in [2.45, 2.75) is 51.2 Å². The van der Waals surface area contributed by atoms with Gasteiger partial charge >= 0.3 is 0 Å². The van der Waals surface area contributed by atoms with Crippen LogP contribution in [0.3, 0.4) is 0 Å². The van der Waals surface area contributed by atoms with Gasteiger partial charge in [-0.15, -0.1) is 0 Å². The van der Waals surface area contributed by atoms with Crippen LogP contribution in [0.15, 0.2) is 10.6 Å². The van der Waals surface area contributed by atoms with E-state index >= 15 is 0 Å². The first kappa shape index (κ1) is 12.7. The summed E-state index contributed by atoms with van der Waals surface area (Å²) in [6.07, 6.45) is 4.68. The van der Waals surface area contributed by atoms with Crippen molar-refractivity contribution in [3.8, 4) is 0 Å². The maximum absolute atomic E-state index is 12.4. The number of aliphatic hydroxyl groups is 1. The lowest BCUT2D eigenvalue weighted by molar-refractivity contribution is 0.0495. The highest BCUT2D eigenvalue weighted by molar-refractivity contribution is 5.91. The van der Waals surface area contributed by atoms with Gasteiger partial charge in [-0.05, 0) is 32.6 Å². The molecule has 1 saturated heterocycles. The van der Waals surface area contributed by atoms with E-state index in [1.54, 1.807) is 6.07 Å². The fourth-order valence-electron chi connectivity index (χ4n) is 3.51. The lowest BCUT2D eigenvalue weighted by Crippen LogP contribution is -2.42. The average Bonchev–Trinajstić information content (AvgIpc) is 3.07. The summed E-state index contributed by atoms with van der Waals surface area (Å²) < 4.78 is 5.07. The Balaban J connectivity index is 1.77. The van der Waals surface area contributed by atoms with E-state index in [4.69, 9.17) is 4.52 Å². The number of carbonyl (C=O) groups is 1. The molecule has 2 heterocycles. The van der Waals surface area contributed by atoms with Gasteiger partial charge in [0.05, 0.1) is 11.8 Å². The minimum absolute atomic E-state index is 0.0813. The first-order valence-corrected chi connectivity index (χ1v) is 7.09. The highest BCUT2D eigenvalue weighted by Gasteiger charge is 2.41. The Morgan fingerprint density at radius 2 is 2.26 bits per heavy atom. The summed E-state index contributed by atoms with van der Waals surface area (Å²) in [5.74, 6) is 0.467. The fraction of sp³-hybridized carbons (Fsp3) is 0.714. The molecule has 1 saturated carbocycles. The summed E-state index contributed by atoms with van der Waals surface area (Å²) >= 11 is 0. The zero-order chi connectivity index (χ0) is 13.4. The average molecular weight is 264 g/mol. The lowest BCUT2D eigenvalue weighted by atomic mass is 9.94. The molecule has 1 aliphatic carbocycles. The molecule has 0 spiro atoms. The molecule has 1 aliphatic heterocycles. The molecule has 19 heavy (non-hydrogen) atoms. The number of rotatable bonds is 2. The van der Waals surface area contributed by atoms with Crippen molar-refractivity contribution in [3.05, 3.63) is 17.5 Å². The first-order chi connectivity index (χ1) is 9.16. The van der Waals surface area contributed by atoms with Gasteiger partial charge in [-0.2, -0.15) is 0 Å².